The molecule has 0 aliphatic carbocycles. The maximum Gasteiger partial charge on any atom is 0.339 e. The highest BCUT2D eigenvalue weighted by atomic mass is 16.5. The lowest BCUT2D eigenvalue weighted by atomic mass is 10.1. The molecule has 33 heavy (non-hydrogen) atoms. The van der Waals surface area contributed by atoms with Gasteiger partial charge in [0.15, 0.2) is 0 Å². The fourth-order valence-corrected chi connectivity index (χ4v) is 3.53. The van der Waals surface area contributed by atoms with Crippen LogP contribution in [0.15, 0.2) is 97.1 Å². The summed E-state index contributed by atoms with van der Waals surface area (Å²) in [6, 6.07) is 30.8. The second-order valence-corrected chi connectivity index (χ2v) is 8.28. The molecule has 0 atom stereocenters. The zero-order chi connectivity index (χ0) is 23.7. The van der Waals surface area contributed by atoms with Gasteiger partial charge in [-0.05, 0) is 47.2 Å². The van der Waals surface area contributed by atoms with Crippen molar-refractivity contribution in [3.05, 3.63) is 103 Å². The van der Waals surface area contributed by atoms with Gasteiger partial charge in [-0.1, -0.05) is 60.7 Å². The third-order valence-electron chi connectivity index (χ3n) is 5.42. The Balaban J connectivity index is 0.000000194. The van der Waals surface area contributed by atoms with Crippen LogP contribution in [0.4, 0.5) is 5.69 Å². The van der Waals surface area contributed by atoms with Gasteiger partial charge in [-0.3, -0.25) is 4.48 Å². The second kappa shape index (κ2) is 11.2. The van der Waals surface area contributed by atoms with Crippen molar-refractivity contribution in [3.63, 3.8) is 0 Å². The van der Waals surface area contributed by atoms with E-state index in [2.05, 4.69) is 44.4 Å². The third-order valence-corrected chi connectivity index (χ3v) is 5.42. The van der Waals surface area contributed by atoms with E-state index in [4.69, 9.17) is 9.84 Å². The molecule has 170 valence electrons. The topological polar surface area (TPSA) is 66.8 Å². The summed E-state index contributed by atoms with van der Waals surface area (Å²) >= 11 is 0. The SMILES string of the molecule is C[N+](C)(CCCOc1ccccc1)c1ccccc1.O=C(O)c1cc2ccccc2cc1O. The van der Waals surface area contributed by atoms with E-state index in [1.54, 1.807) is 6.07 Å². The molecule has 0 aromatic heterocycles. The van der Waals surface area contributed by atoms with Crippen LogP contribution < -0.4 is 9.22 Å². The van der Waals surface area contributed by atoms with Crippen LogP contribution in [0.1, 0.15) is 16.8 Å². The lowest BCUT2D eigenvalue weighted by molar-refractivity contribution is 0.0694. The first-order chi connectivity index (χ1) is 15.9. The molecule has 0 aliphatic heterocycles. The predicted molar refractivity (Wildman–Crippen MR) is 134 cm³/mol. The van der Waals surface area contributed by atoms with E-state index in [0.717, 1.165) is 40.6 Å². The second-order valence-electron chi connectivity index (χ2n) is 8.28. The highest BCUT2D eigenvalue weighted by molar-refractivity contribution is 5.97. The summed E-state index contributed by atoms with van der Waals surface area (Å²) in [4.78, 5) is 10.7. The van der Waals surface area contributed by atoms with Crippen molar-refractivity contribution >= 4 is 22.4 Å². The molecule has 0 saturated heterocycles. The van der Waals surface area contributed by atoms with Crippen molar-refractivity contribution in [2.45, 2.75) is 6.42 Å². The molecule has 0 amide bonds. The summed E-state index contributed by atoms with van der Waals surface area (Å²) in [6.45, 7) is 1.83. The Hall–Kier alpha value is -3.83. The third kappa shape index (κ3) is 6.82. The predicted octanol–water partition coefficient (Wildman–Crippen LogP) is 5.97. The number of hydrogen-bond acceptors (Lipinski definition) is 3. The van der Waals surface area contributed by atoms with Gasteiger partial charge in [-0.15, -0.1) is 0 Å². The molecule has 0 aliphatic rings. The average molecular weight is 445 g/mol. The molecule has 0 fully saturated rings. The Bertz CT molecular complexity index is 1170. The molecule has 4 aromatic carbocycles. The van der Waals surface area contributed by atoms with E-state index in [9.17, 15) is 9.90 Å². The Kier molecular flexibility index (Phi) is 8.06. The Morgan fingerprint density at radius 3 is 1.97 bits per heavy atom. The van der Waals surface area contributed by atoms with E-state index >= 15 is 0 Å². The first kappa shape index (κ1) is 23.8. The zero-order valence-corrected chi connectivity index (χ0v) is 19.0. The quantitative estimate of drug-likeness (QED) is 0.272. The van der Waals surface area contributed by atoms with Gasteiger partial charge in [0, 0.05) is 6.42 Å². The molecule has 4 aromatic rings. The van der Waals surface area contributed by atoms with Gasteiger partial charge in [0.1, 0.15) is 22.7 Å². The molecule has 2 N–H and O–H groups in total. The van der Waals surface area contributed by atoms with Crippen molar-refractivity contribution in [3.8, 4) is 11.5 Å². The van der Waals surface area contributed by atoms with Crippen LogP contribution in [0.25, 0.3) is 10.8 Å². The van der Waals surface area contributed by atoms with E-state index in [1.807, 2.05) is 48.5 Å². The molecule has 0 heterocycles. The monoisotopic (exact) mass is 444 g/mol. The number of fused-ring (bicyclic) bond motifs is 1. The summed E-state index contributed by atoms with van der Waals surface area (Å²) in [5.74, 6) is -0.364. The van der Waals surface area contributed by atoms with Crippen molar-refractivity contribution in [1.82, 2.24) is 4.48 Å². The summed E-state index contributed by atoms with van der Waals surface area (Å²) in [5, 5.41) is 19.8. The smallest absolute Gasteiger partial charge is 0.339 e. The number of phenols is 1. The maximum atomic E-state index is 10.7. The Labute approximate surface area is 194 Å². The number of hydrogen-bond donors (Lipinski definition) is 2. The van der Waals surface area contributed by atoms with E-state index in [0.29, 0.717) is 0 Å². The van der Waals surface area contributed by atoms with Crippen molar-refractivity contribution in [2.75, 3.05) is 27.2 Å². The highest BCUT2D eigenvalue weighted by Gasteiger charge is 2.17. The van der Waals surface area contributed by atoms with Gasteiger partial charge in [0.2, 0.25) is 0 Å². The number of carboxylic acids is 1. The highest BCUT2D eigenvalue weighted by Crippen LogP contribution is 2.24. The minimum Gasteiger partial charge on any atom is -0.507 e. The number of aromatic hydroxyl groups is 1. The molecule has 0 unspecified atom stereocenters. The molecular formula is C28H30NO4+. The number of aromatic carboxylic acids is 1. The fraction of sp³-hybridized carbons (Fsp3) is 0.179. The first-order valence-corrected chi connectivity index (χ1v) is 10.9. The molecule has 0 spiro atoms. The molecule has 0 bridgehead atoms. The van der Waals surface area contributed by atoms with Gasteiger partial charge in [-0.2, -0.15) is 0 Å². The lowest BCUT2D eigenvalue weighted by Gasteiger charge is -2.29. The fourth-order valence-electron chi connectivity index (χ4n) is 3.53. The van der Waals surface area contributed by atoms with Gasteiger partial charge >= 0.3 is 5.97 Å². The van der Waals surface area contributed by atoms with Crippen molar-refractivity contribution < 1.29 is 19.7 Å². The van der Waals surface area contributed by atoms with Crippen LogP contribution in [0.3, 0.4) is 0 Å². The van der Waals surface area contributed by atoms with Gasteiger partial charge in [-0.25, -0.2) is 4.79 Å². The van der Waals surface area contributed by atoms with Crippen LogP contribution in [0.2, 0.25) is 0 Å². The zero-order valence-electron chi connectivity index (χ0n) is 19.0. The van der Waals surface area contributed by atoms with Crippen molar-refractivity contribution in [1.29, 1.82) is 0 Å². The molecule has 0 saturated carbocycles. The van der Waals surface area contributed by atoms with Gasteiger partial charge < -0.3 is 14.9 Å². The standard InChI is InChI=1S/C17H22NO.C11H8O3/c1-18(2,16-10-5-3-6-11-16)14-9-15-19-17-12-7-4-8-13-17;12-10-6-8-4-2-1-3-7(8)5-9(10)11(13)14/h3-8,10-13H,9,14-15H2,1-2H3;1-6,12H,(H,13,14)/q+1;. The summed E-state index contributed by atoms with van der Waals surface area (Å²) in [5.41, 5.74) is 1.27. The lowest BCUT2D eigenvalue weighted by Crippen LogP contribution is -2.41. The Morgan fingerprint density at radius 1 is 0.818 bits per heavy atom. The van der Waals surface area contributed by atoms with Crippen LogP contribution in [-0.4, -0.2) is 43.4 Å². The Morgan fingerprint density at radius 2 is 1.36 bits per heavy atom. The number of rotatable bonds is 7. The van der Waals surface area contributed by atoms with Crippen LogP contribution in [-0.2, 0) is 0 Å². The van der Waals surface area contributed by atoms with Crippen LogP contribution in [0, 0.1) is 0 Å². The molecule has 0 radical (unpaired) electrons. The molecular weight excluding hydrogens is 414 g/mol. The number of benzene rings is 4. The normalized spacial score (nSPS) is 10.8. The summed E-state index contributed by atoms with van der Waals surface area (Å²) < 4.78 is 6.62. The average Bonchev–Trinajstić information content (AvgIpc) is 2.83. The minimum absolute atomic E-state index is 0.0660. The largest absolute Gasteiger partial charge is 0.507 e. The van der Waals surface area contributed by atoms with Crippen LogP contribution in [0.5, 0.6) is 11.5 Å². The number of nitrogens with zero attached hydrogens (tertiary/aromatic N) is 1. The number of ether oxygens (including phenoxy) is 1. The summed E-state index contributed by atoms with van der Waals surface area (Å²) in [6.07, 6.45) is 1.04. The number of quaternary nitrogens is 1. The minimum atomic E-state index is -1.12. The molecule has 4 rings (SSSR count). The van der Waals surface area contributed by atoms with E-state index < -0.39 is 5.97 Å². The summed E-state index contributed by atoms with van der Waals surface area (Å²) in [7, 11) is 4.47. The van der Waals surface area contributed by atoms with Gasteiger partial charge in [0.05, 0.1) is 27.2 Å². The molecule has 5 nitrogen and oxygen atoms in total. The first-order valence-electron chi connectivity index (χ1n) is 10.9. The van der Waals surface area contributed by atoms with Crippen molar-refractivity contribution in [2.24, 2.45) is 0 Å². The van der Waals surface area contributed by atoms with E-state index in [1.165, 1.54) is 17.8 Å². The number of carboxylic acid groups (broad SMARTS) is 1. The molecule has 5 heteroatoms. The number of para-hydroxylation sites is 2. The van der Waals surface area contributed by atoms with Gasteiger partial charge in [0.25, 0.3) is 0 Å². The number of carbonyl (C=O) groups is 1. The maximum absolute atomic E-state index is 10.7. The van der Waals surface area contributed by atoms with Crippen LogP contribution >= 0.6 is 0 Å². The van der Waals surface area contributed by atoms with E-state index in [-0.39, 0.29) is 11.3 Å².